The average Bonchev–Trinajstić information content (AvgIpc) is 3.16. The van der Waals surface area contributed by atoms with Gasteiger partial charge in [0, 0.05) is 5.41 Å². The summed E-state index contributed by atoms with van der Waals surface area (Å²) in [6, 6.07) is 14.1. The Kier molecular flexibility index (Phi) is 4.78. The summed E-state index contributed by atoms with van der Waals surface area (Å²) in [5, 5.41) is 0. The van der Waals surface area contributed by atoms with E-state index < -0.39 is 0 Å². The van der Waals surface area contributed by atoms with E-state index in [0.29, 0.717) is 17.5 Å². The van der Waals surface area contributed by atoms with Crippen LogP contribution in [0.1, 0.15) is 80.4 Å². The van der Waals surface area contributed by atoms with Crippen molar-refractivity contribution in [2.24, 2.45) is 10.8 Å². The van der Waals surface area contributed by atoms with Crippen molar-refractivity contribution in [3.8, 4) is 11.1 Å². The zero-order valence-electron chi connectivity index (χ0n) is 22.3. The van der Waals surface area contributed by atoms with Gasteiger partial charge in [0.15, 0.2) is 6.71 Å². The third-order valence-electron chi connectivity index (χ3n) is 10.1. The molecule has 4 heteroatoms. The Labute approximate surface area is 202 Å². The van der Waals surface area contributed by atoms with E-state index in [4.69, 9.17) is 9.31 Å². The molecule has 0 N–H and O–H groups in total. The Morgan fingerprint density at radius 2 is 1.03 bits per heavy atom. The first-order chi connectivity index (χ1) is 15.1. The lowest BCUT2D eigenvalue weighted by molar-refractivity contribution is 0.00578. The first-order valence-electron chi connectivity index (χ1n) is 12.7. The molecule has 174 valence electrons. The standard InChI is InChI=1S/C29H40B2O2/c1-25(2)17-30(18-26(25,3)4)19-11-13-21-22-14-12-20(16-24(22)27(5,6)23(21)15-19)31-32-28(7,8)29(9,10)33-31/h11-16H,17-18H2,1-10H3. The summed E-state index contributed by atoms with van der Waals surface area (Å²) in [7, 11) is -0.321. The molecule has 0 atom stereocenters. The van der Waals surface area contributed by atoms with Gasteiger partial charge in [-0.1, -0.05) is 96.0 Å². The van der Waals surface area contributed by atoms with Gasteiger partial charge in [-0.15, -0.1) is 0 Å². The van der Waals surface area contributed by atoms with Crippen molar-refractivity contribution in [2.75, 3.05) is 0 Å². The van der Waals surface area contributed by atoms with Crippen LogP contribution in [0.4, 0.5) is 0 Å². The highest BCUT2D eigenvalue weighted by molar-refractivity contribution is 6.74. The first-order valence-corrected chi connectivity index (χ1v) is 12.7. The predicted octanol–water partition coefficient (Wildman–Crippen LogP) is 6.06. The lowest BCUT2D eigenvalue weighted by atomic mass is 9.42. The van der Waals surface area contributed by atoms with Gasteiger partial charge in [-0.3, -0.25) is 0 Å². The second-order valence-electron chi connectivity index (χ2n) is 13.7. The van der Waals surface area contributed by atoms with Crippen molar-refractivity contribution < 1.29 is 9.31 Å². The molecule has 0 unspecified atom stereocenters. The van der Waals surface area contributed by atoms with Crippen molar-refractivity contribution in [3.63, 3.8) is 0 Å². The van der Waals surface area contributed by atoms with Crippen LogP contribution in [-0.4, -0.2) is 25.0 Å². The van der Waals surface area contributed by atoms with E-state index in [9.17, 15) is 0 Å². The third-order valence-corrected chi connectivity index (χ3v) is 10.1. The number of hydrogen-bond acceptors (Lipinski definition) is 2. The van der Waals surface area contributed by atoms with Crippen molar-refractivity contribution in [3.05, 3.63) is 47.5 Å². The van der Waals surface area contributed by atoms with Gasteiger partial charge in [-0.05, 0) is 66.2 Å². The van der Waals surface area contributed by atoms with Gasteiger partial charge in [0.25, 0.3) is 0 Å². The quantitative estimate of drug-likeness (QED) is 0.527. The van der Waals surface area contributed by atoms with Gasteiger partial charge >= 0.3 is 7.12 Å². The average molecular weight is 442 g/mol. The SMILES string of the molecule is CC1(C)c2cc(B3CC(C)(C)C(C)(C)C3)ccc2-c2ccc(B3OC(C)(C)C(C)(C)O3)cc21. The zero-order chi connectivity index (χ0) is 24.2. The molecule has 2 aliphatic heterocycles. The summed E-state index contributed by atoms with van der Waals surface area (Å²) in [5.74, 6) is 0. The summed E-state index contributed by atoms with van der Waals surface area (Å²) in [6.07, 6.45) is 2.52. The fraction of sp³-hybridized carbons (Fsp3) is 0.586. The minimum Gasteiger partial charge on any atom is -0.399 e. The van der Waals surface area contributed by atoms with Gasteiger partial charge < -0.3 is 9.31 Å². The zero-order valence-corrected chi connectivity index (χ0v) is 22.3. The number of fused-ring (bicyclic) bond motifs is 3. The van der Waals surface area contributed by atoms with Crippen molar-refractivity contribution in [1.29, 1.82) is 0 Å². The molecule has 2 heterocycles. The molecule has 2 aromatic carbocycles. The van der Waals surface area contributed by atoms with E-state index in [2.05, 4.69) is 106 Å². The normalized spacial score (nSPS) is 25.3. The minimum absolute atomic E-state index is 0.0377. The van der Waals surface area contributed by atoms with Crippen LogP contribution >= 0.6 is 0 Å². The molecular formula is C29H40B2O2. The summed E-state index contributed by atoms with van der Waals surface area (Å²) >= 11 is 0. The van der Waals surface area contributed by atoms with E-state index in [1.807, 2.05) is 0 Å². The molecule has 33 heavy (non-hydrogen) atoms. The minimum atomic E-state index is -0.326. The molecule has 2 aromatic rings. The van der Waals surface area contributed by atoms with Gasteiger partial charge in [0.1, 0.15) is 0 Å². The molecule has 0 spiro atoms. The van der Waals surface area contributed by atoms with Crippen LogP contribution in [0.2, 0.25) is 12.6 Å². The molecule has 0 aromatic heterocycles. The van der Waals surface area contributed by atoms with E-state index in [0.717, 1.165) is 5.46 Å². The molecule has 2 nitrogen and oxygen atoms in total. The monoisotopic (exact) mass is 442 g/mol. The molecule has 2 fully saturated rings. The summed E-state index contributed by atoms with van der Waals surface area (Å²) in [6.45, 7) is 23.6. The van der Waals surface area contributed by atoms with Gasteiger partial charge in [-0.2, -0.15) is 0 Å². The Morgan fingerprint density at radius 1 is 0.606 bits per heavy atom. The number of benzene rings is 2. The highest BCUT2D eigenvalue weighted by atomic mass is 16.7. The molecule has 0 amide bonds. The fourth-order valence-electron chi connectivity index (χ4n) is 6.24. The number of rotatable bonds is 2. The second-order valence-corrected chi connectivity index (χ2v) is 13.7. The van der Waals surface area contributed by atoms with E-state index in [1.54, 1.807) is 0 Å². The lowest BCUT2D eigenvalue weighted by Gasteiger charge is -2.35. The molecule has 0 bridgehead atoms. The van der Waals surface area contributed by atoms with Crippen LogP contribution in [0.15, 0.2) is 36.4 Å². The van der Waals surface area contributed by atoms with Crippen molar-refractivity contribution >= 4 is 24.8 Å². The van der Waals surface area contributed by atoms with Gasteiger partial charge in [0.2, 0.25) is 0 Å². The Morgan fingerprint density at radius 3 is 1.52 bits per heavy atom. The van der Waals surface area contributed by atoms with Crippen LogP contribution < -0.4 is 10.9 Å². The Bertz CT molecular complexity index is 1010. The summed E-state index contributed by atoms with van der Waals surface area (Å²) in [5.41, 5.74) is 8.26. The van der Waals surface area contributed by atoms with Crippen LogP contribution in [-0.2, 0) is 14.7 Å². The topological polar surface area (TPSA) is 18.5 Å². The molecule has 0 saturated carbocycles. The molecule has 5 rings (SSSR count). The lowest BCUT2D eigenvalue weighted by Crippen LogP contribution is -2.41. The first kappa shape index (κ1) is 23.2. The predicted molar refractivity (Wildman–Crippen MR) is 142 cm³/mol. The molecule has 1 aliphatic carbocycles. The van der Waals surface area contributed by atoms with Crippen LogP contribution in [0.3, 0.4) is 0 Å². The van der Waals surface area contributed by atoms with E-state index in [1.165, 1.54) is 40.4 Å². The maximum atomic E-state index is 6.36. The molecule has 3 aliphatic rings. The van der Waals surface area contributed by atoms with Gasteiger partial charge in [-0.25, -0.2) is 0 Å². The molecule has 2 saturated heterocycles. The van der Waals surface area contributed by atoms with Gasteiger partial charge in [0.05, 0.1) is 11.2 Å². The number of hydrogen-bond donors (Lipinski definition) is 0. The smallest absolute Gasteiger partial charge is 0.399 e. The highest BCUT2D eigenvalue weighted by Gasteiger charge is 2.52. The van der Waals surface area contributed by atoms with Crippen LogP contribution in [0, 0.1) is 10.8 Å². The second kappa shape index (κ2) is 6.79. The van der Waals surface area contributed by atoms with Crippen molar-refractivity contribution in [1.82, 2.24) is 0 Å². The molecular weight excluding hydrogens is 402 g/mol. The van der Waals surface area contributed by atoms with E-state index in [-0.39, 0.29) is 23.7 Å². The Hall–Kier alpha value is -1.51. The third kappa shape index (κ3) is 3.31. The highest BCUT2D eigenvalue weighted by Crippen LogP contribution is 2.53. The van der Waals surface area contributed by atoms with E-state index >= 15 is 0 Å². The van der Waals surface area contributed by atoms with Crippen LogP contribution in [0.25, 0.3) is 11.1 Å². The maximum absolute atomic E-state index is 6.36. The van der Waals surface area contributed by atoms with Crippen molar-refractivity contribution in [2.45, 2.75) is 98.5 Å². The summed E-state index contributed by atoms with van der Waals surface area (Å²) < 4.78 is 12.7. The van der Waals surface area contributed by atoms with Crippen LogP contribution in [0.5, 0.6) is 0 Å². The fourth-order valence-corrected chi connectivity index (χ4v) is 6.24. The maximum Gasteiger partial charge on any atom is 0.494 e. The molecule has 0 radical (unpaired) electrons. The summed E-state index contributed by atoms with van der Waals surface area (Å²) in [4.78, 5) is 0. The Balaban J connectivity index is 1.50. The largest absolute Gasteiger partial charge is 0.494 e.